The summed E-state index contributed by atoms with van der Waals surface area (Å²) in [6.45, 7) is 11.0. The monoisotopic (exact) mass is 360 g/mol. The number of rotatable bonds is 7. The van der Waals surface area contributed by atoms with Crippen LogP contribution >= 0.6 is 0 Å². The van der Waals surface area contributed by atoms with E-state index >= 15 is 0 Å². The smallest absolute Gasteiger partial charge is 0.339 e. The number of aromatic nitrogens is 3. The zero-order valence-corrected chi connectivity index (χ0v) is 16.4. The van der Waals surface area contributed by atoms with Crippen molar-refractivity contribution in [2.24, 2.45) is 5.92 Å². The summed E-state index contributed by atoms with van der Waals surface area (Å²) in [6.07, 6.45) is 0.618. The molecule has 0 bridgehead atoms. The Bertz CT molecular complexity index is 804. The van der Waals surface area contributed by atoms with Crippen LogP contribution in [0.2, 0.25) is 0 Å². The van der Waals surface area contributed by atoms with Gasteiger partial charge in [-0.3, -0.25) is 9.48 Å². The lowest BCUT2D eigenvalue weighted by Crippen LogP contribution is -2.31. The first-order chi connectivity index (χ1) is 12.3. The van der Waals surface area contributed by atoms with Gasteiger partial charge in [0, 0.05) is 24.5 Å². The number of methoxy groups -OCH3 is 1. The Hall–Kier alpha value is -2.57. The molecule has 2 rings (SSSR count). The normalized spacial score (nSPS) is 12.1. The number of hydrogen-bond acceptors (Lipinski definition) is 4. The number of ether oxygens (including phenoxy) is 1. The number of aryl methyl sites for hydroxylation is 3. The van der Waals surface area contributed by atoms with Gasteiger partial charge in [-0.15, -0.1) is 0 Å². The first-order valence-corrected chi connectivity index (χ1v) is 8.87. The maximum Gasteiger partial charge on any atom is 0.339 e. The predicted octanol–water partition coefficient (Wildman–Crippen LogP) is 2.55. The number of nitrogens with one attached hydrogen (secondary N) is 2. The summed E-state index contributed by atoms with van der Waals surface area (Å²) in [5, 5.41) is 7.40. The highest BCUT2D eigenvalue weighted by Crippen LogP contribution is 2.20. The first kappa shape index (κ1) is 19.8. The van der Waals surface area contributed by atoms with Gasteiger partial charge in [-0.1, -0.05) is 13.8 Å². The molecule has 7 heteroatoms. The van der Waals surface area contributed by atoms with E-state index in [0.717, 1.165) is 23.6 Å². The van der Waals surface area contributed by atoms with Crippen molar-refractivity contribution in [3.63, 3.8) is 0 Å². The third kappa shape index (κ3) is 4.15. The number of esters is 1. The van der Waals surface area contributed by atoms with Crippen LogP contribution in [0.3, 0.4) is 0 Å². The van der Waals surface area contributed by atoms with E-state index < -0.39 is 5.97 Å². The molecule has 0 saturated heterocycles. The highest BCUT2D eigenvalue weighted by atomic mass is 16.5. The molecule has 0 radical (unpaired) electrons. The van der Waals surface area contributed by atoms with Crippen molar-refractivity contribution in [3.05, 3.63) is 40.0 Å². The molecule has 142 valence electrons. The standard InChI is InChI=1S/C19H28N4O3/c1-7-15-16(19(25)26-6)14(5)17(21-15)18(24)20-9-11(2)10-23-13(4)8-12(3)22-23/h8,11,21H,7,9-10H2,1-6H3,(H,20,24)/t11-/m0/s1. The van der Waals surface area contributed by atoms with E-state index in [4.69, 9.17) is 4.74 Å². The zero-order valence-electron chi connectivity index (χ0n) is 16.4. The average molecular weight is 360 g/mol. The summed E-state index contributed by atoms with van der Waals surface area (Å²) >= 11 is 0. The number of nitrogens with zero attached hydrogens (tertiary/aromatic N) is 2. The lowest BCUT2D eigenvalue weighted by atomic mass is 10.1. The van der Waals surface area contributed by atoms with Crippen LogP contribution in [-0.4, -0.2) is 40.3 Å². The first-order valence-electron chi connectivity index (χ1n) is 8.87. The number of carbonyl (C=O) groups excluding carboxylic acids is 2. The van der Waals surface area contributed by atoms with Crippen LogP contribution in [0.5, 0.6) is 0 Å². The van der Waals surface area contributed by atoms with Crippen molar-refractivity contribution in [2.45, 2.75) is 47.6 Å². The molecule has 0 aromatic carbocycles. The molecule has 7 nitrogen and oxygen atoms in total. The molecule has 26 heavy (non-hydrogen) atoms. The molecule has 2 aromatic heterocycles. The van der Waals surface area contributed by atoms with Gasteiger partial charge in [-0.2, -0.15) is 5.10 Å². The number of carbonyl (C=O) groups is 2. The molecular formula is C19H28N4O3. The SMILES string of the molecule is CCc1[nH]c(C(=O)NC[C@H](C)Cn2nc(C)cc2C)c(C)c1C(=O)OC. The summed E-state index contributed by atoms with van der Waals surface area (Å²) in [4.78, 5) is 27.6. The molecule has 2 aromatic rings. The fourth-order valence-corrected chi connectivity index (χ4v) is 3.10. The molecule has 0 saturated carbocycles. The number of amides is 1. The van der Waals surface area contributed by atoms with Crippen LogP contribution in [0.15, 0.2) is 6.07 Å². The van der Waals surface area contributed by atoms with Crippen molar-refractivity contribution in [1.82, 2.24) is 20.1 Å². The molecule has 2 N–H and O–H groups in total. The molecule has 2 heterocycles. The quantitative estimate of drug-likeness (QED) is 0.743. The zero-order chi connectivity index (χ0) is 19.4. The van der Waals surface area contributed by atoms with E-state index in [1.165, 1.54) is 7.11 Å². The van der Waals surface area contributed by atoms with Crippen molar-refractivity contribution in [3.8, 4) is 0 Å². The van der Waals surface area contributed by atoms with Crippen LogP contribution in [-0.2, 0) is 17.7 Å². The van der Waals surface area contributed by atoms with Crippen molar-refractivity contribution < 1.29 is 14.3 Å². The fourth-order valence-electron chi connectivity index (χ4n) is 3.10. The van der Waals surface area contributed by atoms with Gasteiger partial charge >= 0.3 is 5.97 Å². The Labute approximate surface area is 154 Å². The fraction of sp³-hybridized carbons (Fsp3) is 0.526. The highest BCUT2D eigenvalue weighted by Gasteiger charge is 2.23. The van der Waals surface area contributed by atoms with E-state index in [1.807, 2.05) is 31.5 Å². The summed E-state index contributed by atoms with van der Waals surface area (Å²) in [5.41, 5.74) is 4.31. The van der Waals surface area contributed by atoms with Gasteiger partial charge < -0.3 is 15.0 Å². The Balaban J connectivity index is 2.04. The van der Waals surface area contributed by atoms with E-state index in [9.17, 15) is 9.59 Å². The van der Waals surface area contributed by atoms with E-state index in [2.05, 4.69) is 22.3 Å². The van der Waals surface area contributed by atoms with Crippen LogP contribution in [0.1, 0.15) is 57.3 Å². The summed E-state index contributed by atoms with van der Waals surface area (Å²) < 4.78 is 6.79. The van der Waals surface area contributed by atoms with Gasteiger partial charge in [0.05, 0.1) is 18.4 Å². The number of hydrogen-bond donors (Lipinski definition) is 2. The third-order valence-electron chi connectivity index (χ3n) is 4.50. The van der Waals surface area contributed by atoms with Gasteiger partial charge in [0.25, 0.3) is 5.91 Å². The minimum Gasteiger partial charge on any atom is -0.465 e. The summed E-state index contributed by atoms with van der Waals surface area (Å²) in [5.74, 6) is -0.418. The molecule has 0 fully saturated rings. The largest absolute Gasteiger partial charge is 0.465 e. The van der Waals surface area contributed by atoms with E-state index in [0.29, 0.717) is 29.8 Å². The van der Waals surface area contributed by atoms with Crippen LogP contribution in [0.25, 0.3) is 0 Å². The van der Waals surface area contributed by atoms with Crippen LogP contribution in [0.4, 0.5) is 0 Å². The van der Waals surface area contributed by atoms with Crippen LogP contribution in [0, 0.1) is 26.7 Å². The van der Waals surface area contributed by atoms with Gasteiger partial charge in [0.1, 0.15) is 5.69 Å². The second-order valence-corrected chi connectivity index (χ2v) is 6.75. The molecule has 0 aliphatic heterocycles. The Morgan fingerprint density at radius 3 is 2.58 bits per heavy atom. The van der Waals surface area contributed by atoms with Crippen molar-refractivity contribution in [1.29, 1.82) is 0 Å². The van der Waals surface area contributed by atoms with E-state index in [-0.39, 0.29) is 11.8 Å². The second-order valence-electron chi connectivity index (χ2n) is 6.75. The highest BCUT2D eigenvalue weighted by molar-refractivity contribution is 6.00. The maximum absolute atomic E-state index is 12.6. The number of H-pyrrole nitrogens is 1. The van der Waals surface area contributed by atoms with Crippen molar-refractivity contribution in [2.75, 3.05) is 13.7 Å². The topological polar surface area (TPSA) is 89.0 Å². The molecule has 0 spiro atoms. The molecule has 0 aliphatic carbocycles. The summed E-state index contributed by atoms with van der Waals surface area (Å²) in [7, 11) is 1.34. The molecular weight excluding hydrogens is 332 g/mol. The average Bonchev–Trinajstić information content (AvgIpc) is 3.10. The van der Waals surface area contributed by atoms with Crippen molar-refractivity contribution >= 4 is 11.9 Å². The molecule has 0 unspecified atom stereocenters. The van der Waals surface area contributed by atoms with Gasteiger partial charge in [0.15, 0.2) is 0 Å². The Kier molecular flexibility index (Phi) is 6.23. The number of aromatic amines is 1. The minimum absolute atomic E-state index is 0.215. The lowest BCUT2D eigenvalue weighted by Gasteiger charge is -2.14. The summed E-state index contributed by atoms with van der Waals surface area (Å²) in [6, 6.07) is 2.04. The lowest BCUT2D eigenvalue weighted by molar-refractivity contribution is 0.0599. The second kappa shape index (κ2) is 8.21. The Morgan fingerprint density at radius 1 is 1.35 bits per heavy atom. The van der Waals surface area contributed by atoms with Gasteiger partial charge in [-0.05, 0) is 44.7 Å². The van der Waals surface area contributed by atoms with Crippen LogP contribution < -0.4 is 5.32 Å². The van der Waals surface area contributed by atoms with E-state index in [1.54, 1.807) is 6.92 Å². The Morgan fingerprint density at radius 2 is 2.04 bits per heavy atom. The molecule has 1 amide bonds. The third-order valence-corrected chi connectivity index (χ3v) is 4.50. The predicted molar refractivity (Wildman–Crippen MR) is 99.4 cm³/mol. The minimum atomic E-state index is -0.424. The van der Waals surface area contributed by atoms with Gasteiger partial charge in [0.2, 0.25) is 0 Å². The molecule has 1 atom stereocenters. The maximum atomic E-state index is 12.6. The van der Waals surface area contributed by atoms with Gasteiger partial charge in [-0.25, -0.2) is 4.79 Å². The molecule has 0 aliphatic rings.